The molecule has 14 heteroatoms. The first-order valence-corrected chi connectivity index (χ1v) is 10.9. The van der Waals surface area contributed by atoms with Crippen LogP contribution in [0.2, 0.25) is 0 Å². The molecule has 3 rings (SSSR count). The number of alkyl halides is 3. The van der Waals surface area contributed by atoms with Crippen molar-refractivity contribution in [2.24, 2.45) is 7.05 Å². The molecule has 0 saturated carbocycles. The Labute approximate surface area is 183 Å². The van der Waals surface area contributed by atoms with E-state index in [2.05, 4.69) is 32.0 Å². The van der Waals surface area contributed by atoms with E-state index in [-0.39, 0.29) is 10.7 Å². The van der Waals surface area contributed by atoms with Gasteiger partial charge in [0.2, 0.25) is 11.1 Å². The van der Waals surface area contributed by atoms with E-state index in [9.17, 15) is 22.2 Å². The standard InChI is InChI=1S/C16H22N6O2S.C2HF3O2/c1-4-6-9-22-12-13(18-15(22)21-10-7-17-8-11-21)19-16(25(24)5-2)20(3)14(12)23;3-2(4,5)1(6)7/h17H,5,7-11H2,1-3H3;(H,6,7). The number of nitrogens with zero attached hydrogens (tertiary/aromatic N) is 5. The Morgan fingerprint density at radius 1 is 1.28 bits per heavy atom. The third kappa shape index (κ3) is 5.65. The molecule has 3 heterocycles. The van der Waals surface area contributed by atoms with Crippen molar-refractivity contribution in [3.05, 3.63) is 10.4 Å². The number of anilines is 1. The van der Waals surface area contributed by atoms with Gasteiger partial charge in [-0.15, -0.1) is 5.92 Å². The van der Waals surface area contributed by atoms with Crippen LogP contribution < -0.4 is 15.8 Å². The van der Waals surface area contributed by atoms with Crippen molar-refractivity contribution < 1.29 is 27.3 Å². The van der Waals surface area contributed by atoms with Gasteiger partial charge in [-0.1, -0.05) is 12.8 Å². The van der Waals surface area contributed by atoms with Crippen molar-refractivity contribution in [1.29, 1.82) is 0 Å². The average molecular weight is 476 g/mol. The van der Waals surface area contributed by atoms with Crippen LogP contribution in [0.3, 0.4) is 0 Å². The molecule has 0 aromatic carbocycles. The zero-order chi connectivity index (χ0) is 24.1. The van der Waals surface area contributed by atoms with Crippen LogP contribution in [-0.4, -0.2) is 72.5 Å². The maximum atomic E-state index is 12.9. The monoisotopic (exact) mass is 476 g/mol. The number of fused-ring (bicyclic) bond motifs is 1. The van der Waals surface area contributed by atoms with Crippen LogP contribution in [0.15, 0.2) is 9.95 Å². The van der Waals surface area contributed by atoms with Crippen molar-refractivity contribution in [2.75, 3.05) is 36.8 Å². The largest absolute Gasteiger partial charge is 0.490 e. The summed E-state index contributed by atoms with van der Waals surface area (Å²) >= 11 is 0. The van der Waals surface area contributed by atoms with Gasteiger partial charge < -0.3 is 15.3 Å². The Hall–Kier alpha value is -2.92. The molecular formula is C18H23F3N6O4S. The highest BCUT2D eigenvalue weighted by Gasteiger charge is 2.38. The second kappa shape index (κ2) is 10.6. The second-order valence-corrected chi connectivity index (χ2v) is 8.16. The highest BCUT2D eigenvalue weighted by Crippen LogP contribution is 2.20. The van der Waals surface area contributed by atoms with Gasteiger partial charge in [0.15, 0.2) is 11.2 Å². The minimum atomic E-state index is -5.08. The van der Waals surface area contributed by atoms with E-state index in [1.165, 1.54) is 4.57 Å². The molecule has 176 valence electrons. The van der Waals surface area contributed by atoms with Gasteiger partial charge in [-0.05, 0) is 6.92 Å². The van der Waals surface area contributed by atoms with Gasteiger partial charge in [0.1, 0.15) is 0 Å². The fourth-order valence-corrected chi connectivity index (χ4v) is 3.71. The lowest BCUT2D eigenvalue weighted by molar-refractivity contribution is -0.192. The van der Waals surface area contributed by atoms with Gasteiger partial charge >= 0.3 is 12.1 Å². The first-order valence-electron chi connectivity index (χ1n) is 9.53. The summed E-state index contributed by atoms with van der Waals surface area (Å²) in [5.74, 6) is 4.22. The van der Waals surface area contributed by atoms with E-state index in [0.29, 0.717) is 29.4 Å². The highest BCUT2D eigenvalue weighted by molar-refractivity contribution is 7.84. The molecule has 0 spiro atoms. The van der Waals surface area contributed by atoms with Gasteiger partial charge in [0.25, 0.3) is 5.56 Å². The van der Waals surface area contributed by atoms with Gasteiger partial charge in [0, 0.05) is 39.0 Å². The fraction of sp³-hybridized carbons (Fsp3) is 0.556. The number of halogens is 3. The smallest absolute Gasteiger partial charge is 0.475 e. The number of nitrogens with one attached hydrogen (secondary N) is 1. The van der Waals surface area contributed by atoms with Gasteiger partial charge in [-0.3, -0.25) is 18.1 Å². The molecule has 32 heavy (non-hydrogen) atoms. The average Bonchev–Trinajstić information content (AvgIpc) is 3.13. The minimum Gasteiger partial charge on any atom is -0.475 e. The quantitative estimate of drug-likeness (QED) is 0.478. The molecule has 0 amide bonds. The van der Waals surface area contributed by atoms with E-state index in [1.54, 1.807) is 20.9 Å². The zero-order valence-corrected chi connectivity index (χ0v) is 18.5. The third-order valence-electron chi connectivity index (χ3n) is 4.45. The first-order chi connectivity index (χ1) is 15.0. The van der Waals surface area contributed by atoms with Crippen LogP contribution in [0.5, 0.6) is 0 Å². The predicted octanol–water partition coefficient (Wildman–Crippen LogP) is 0.324. The Bertz CT molecular complexity index is 1130. The number of aromatic nitrogens is 4. The topological polar surface area (TPSA) is 122 Å². The summed E-state index contributed by atoms with van der Waals surface area (Å²) in [5.41, 5.74) is 0.510. The van der Waals surface area contributed by atoms with Crippen LogP contribution in [-0.2, 0) is 29.2 Å². The van der Waals surface area contributed by atoms with E-state index < -0.39 is 22.9 Å². The van der Waals surface area contributed by atoms with Crippen LogP contribution in [0.1, 0.15) is 13.8 Å². The zero-order valence-electron chi connectivity index (χ0n) is 17.7. The Balaban J connectivity index is 0.000000451. The highest BCUT2D eigenvalue weighted by atomic mass is 32.2. The van der Waals surface area contributed by atoms with Crippen LogP contribution in [0, 0.1) is 11.8 Å². The molecule has 2 aromatic heterocycles. The first kappa shape index (κ1) is 25.3. The molecule has 1 aliphatic rings. The van der Waals surface area contributed by atoms with Crippen molar-refractivity contribution in [3.63, 3.8) is 0 Å². The van der Waals surface area contributed by atoms with Gasteiger partial charge in [0.05, 0.1) is 17.3 Å². The number of aliphatic carboxylic acids is 1. The lowest BCUT2D eigenvalue weighted by Crippen LogP contribution is -2.44. The number of hydrogen-bond donors (Lipinski definition) is 2. The molecule has 0 aliphatic carbocycles. The van der Waals surface area contributed by atoms with Crippen LogP contribution in [0.25, 0.3) is 11.2 Å². The van der Waals surface area contributed by atoms with E-state index in [0.717, 1.165) is 26.2 Å². The molecular weight excluding hydrogens is 453 g/mol. The van der Waals surface area contributed by atoms with Crippen LogP contribution >= 0.6 is 0 Å². The van der Waals surface area contributed by atoms with Crippen LogP contribution in [0.4, 0.5) is 19.1 Å². The van der Waals surface area contributed by atoms with Crippen molar-refractivity contribution in [1.82, 2.24) is 24.4 Å². The molecule has 1 fully saturated rings. The van der Waals surface area contributed by atoms with Crippen molar-refractivity contribution in [3.8, 4) is 11.8 Å². The molecule has 2 aromatic rings. The number of piperazine rings is 1. The lowest BCUT2D eigenvalue weighted by atomic mass is 10.4. The molecule has 1 atom stereocenters. The van der Waals surface area contributed by atoms with E-state index in [1.807, 2.05) is 4.57 Å². The summed E-state index contributed by atoms with van der Waals surface area (Å²) in [7, 11) is 0.278. The fourth-order valence-electron chi connectivity index (χ4n) is 2.88. The normalized spacial score (nSPS) is 14.9. The number of rotatable bonds is 4. The molecule has 10 nitrogen and oxygen atoms in total. The summed E-state index contributed by atoms with van der Waals surface area (Å²) in [6, 6.07) is 0. The maximum absolute atomic E-state index is 12.9. The molecule has 2 N–H and O–H groups in total. The molecule has 1 unspecified atom stereocenters. The van der Waals surface area contributed by atoms with E-state index in [4.69, 9.17) is 9.90 Å². The number of carbonyl (C=O) groups is 1. The summed E-state index contributed by atoms with van der Waals surface area (Å²) in [4.78, 5) is 33.0. The van der Waals surface area contributed by atoms with E-state index >= 15 is 0 Å². The Morgan fingerprint density at radius 2 is 1.88 bits per heavy atom. The summed E-state index contributed by atoms with van der Waals surface area (Å²) < 4.78 is 47.1. The summed E-state index contributed by atoms with van der Waals surface area (Å²) in [6.07, 6.45) is -5.08. The number of carboxylic acid groups (broad SMARTS) is 1. The van der Waals surface area contributed by atoms with Crippen molar-refractivity contribution >= 4 is 33.9 Å². The Kier molecular flexibility index (Phi) is 8.39. The van der Waals surface area contributed by atoms with Gasteiger partial charge in [-0.25, -0.2) is 4.79 Å². The van der Waals surface area contributed by atoms with Crippen molar-refractivity contribution in [2.45, 2.75) is 31.7 Å². The van der Waals surface area contributed by atoms with Gasteiger partial charge in [-0.2, -0.15) is 23.1 Å². The lowest BCUT2D eigenvalue weighted by Gasteiger charge is -2.28. The molecule has 0 bridgehead atoms. The summed E-state index contributed by atoms with van der Waals surface area (Å²) in [5, 5.41) is 10.7. The maximum Gasteiger partial charge on any atom is 0.490 e. The second-order valence-electron chi connectivity index (χ2n) is 6.53. The summed E-state index contributed by atoms with van der Waals surface area (Å²) in [6.45, 7) is 7.27. The molecule has 0 radical (unpaired) electrons. The SMILES string of the molecule is CC#CCn1c(N2CCNCC2)nc2nc(S(=O)CC)n(C)c(=O)c21.O=C(O)C(F)(F)F. The molecule has 1 aliphatic heterocycles. The Morgan fingerprint density at radius 3 is 2.38 bits per heavy atom. The third-order valence-corrected chi connectivity index (χ3v) is 5.74. The number of imidazole rings is 1. The predicted molar refractivity (Wildman–Crippen MR) is 112 cm³/mol. The minimum absolute atomic E-state index is 0.242. The molecule has 1 saturated heterocycles. The number of hydrogen-bond acceptors (Lipinski definition) is 7. The number of carboxylic acids is 1.